The van der Waals surface area contributed by atoms with E-state index >= 15 is 0 Å². The third kappa shape index (κ3) is 4.60. The molecule has 1 aliphatic heterocycles. The second-order valence-corrected chi connectivity index (χ2v) is 10.5. The first-order valence-electron chi connectivity index (χ1n) is 11.9. The zero-order valence-corrected chi connectivity index (χ0v) is 19.4. The molecule has 1 aromatic carbocycles. The van der Waals surface area contributed by atoms with Gasteiger partial charge in [0.2, 0.25) is 0 Å². The van der Waals surface area contributed by atoms with Gasteiger partial charge in [-0.25, -0.2) is 4.79 Å². The van der Waals surface area contributed by atoms with Crippen molar-refractivity contribution in [3.63, 3.8) is 0 Å². The second-order valence-electron chi connectivity index (χ2n) is 10.5. The number of nitrogens with two attached hydrogens (primary N) is 1. The smallest absolute Gasteiger partial charge is 0.332 e. The molecule has 0 bridgehead atoms. The molecular formula is C26H41NO3. The summed E-state index contributed by atoms with van der Waals surface area (Å²) in [5, 5.41) is 8.41. The van der Waals surface area contributed by atoms with Gasteiger partial charge in [0.25, 0.3) is 0 Å². The van der Waals surface area contributed by atoms with Gasteiger partial charge in [0.05, 0.1) is 0 Å². The summed E-state index contributed by atoms with van der Waals surface area (Å²) < 4.78 is 4.94. The number of carboxylic acids is 1. The summed E-state index contributed by atoms with van der Waals surface area (Å²) >= 11 is 0. The highest BCUT2D eigenvalue weighted by Gasteiger charge is 2.50. The molecule has 1 heterocycles. The van der Waals surface area contributed by atoms with Crippen molar-refractivity contribution in [2.75, 3.05) is 13.2 Å². The van der Waals surface area contributed by atoms with Crippen LogP contribution in [0, 0.1) is 11.3 Å². The summed E-state index contributed by atoms with van der Waals surface area (Å²) in [4.78, 5) is 10.2. The number of fused-ring (bicyclic) bond motifs is 3. The van der Waals surface area contributed by atoms with Crippen LogP contribution in [-0.4, -0.2) is 30.3 Å². The molecule has 4 atom stereocenters. The van der Waals surface area contributed by atoms with Crippen LogP contribution in [0.2, 0.25) is 0 Å². The number of carbonyl (C=O) groups is 1. The van der Waals surface area contributed by atoms with Crippen molar-refractivity contribution >= 4 is 5.97 Å². The molecule has 2 aliphatic carbocycles. The zero-order chi connectivity index (χ0) is 21.9. The molecule has 1 unspecified atom stereocenters. The lowest BCUT2D eigenvalue weighted by Gasteiger charge is -2.55. The first-order chi connectivity index (χ1) is 14.2. The number of hydrogen-bond acceptors (Lipinski definition) is 3. The third-order valence-corrected chi connectivity index (χ3v) is 8.09. The second kappa shape index (κ2) is 9.40. The summed E-state index contributed by atoms with van der Waals surface area (Å²) in [5.74, 6) is 0.553. The fourth-order valence-electron chi connectivity index (χ4n) is 6.18. The van der Waals surface area contributed by atoms with E-state index in [2.05, 4.69) is 45.9 Å². The van der Waals surface area contributed by atoms with Crippen molar-refractivity contribution in [2.24, 2.45) is 17.1 Å². The Morgan fingerprint density at radius 2 is 1.97 bits per heavy atom. The Bertz CT molecular complexity index is 740. The largest absolute Gasteiger partial charge is 0.479 e. The average Bonchev–Trinajstić information content (AvgIpc) is 2.74. The van der Waals surface area contributed by atoms with Crippen LogP contribution in [0.15, 0.2) is 18.2 Å². The Balaban J connectivity index is 0.000000239. The van der Waals surface area contributed by atoms with Gasteiger partial charge in [-0.05, 0) is 90.8 Å². The normalized spacial score (nSPS) is 33.1. The Hall–Kier alpha value is -1.39. The van der Waals surface area contributed by atoms with Crippen LogP contribution in [0.4, 0.5) is 0 Å². The molecule has 1 saturated heterocycles. The van der Waals surface area contributed by atoms with Crippen molar-refractivity contribution in [1.29, 1.82) is 0 Å². The highest BCUT2D eigenvalue weighted by Crippen LogP contribution is 2.56. The van der Waals surface area contributed by atoms with Gasteiger partial charge in [-0.3, -0.25) is 0 Å². The van der Waals surface area contributed by atoms with E-state index in [9.17, 15) is 4.79 Å². The maximum absolute atomic E-state index is 10.2. The van der Waals surface area contributed by atoms with Crippen molar-refractivity contribution in [3.8, 4) is 0 Å². The fourth-order valence-corrected chi connectivity index (χ4v) is 6.18. The van der Waals surface area contributed by atoms with E-state index in [0.717, 1.165) is 25.3 Å². The number of carboxylic acid groups (broad SMARTS) is 1. The number of aliphatic carboxylic acids is 1. The zero-order valence-electron chi connectivity index (χ0n) is 19.4. The van der Waals surface area contributed by atoms with Crippen LogP contribution < -0.4 is 5.73 Å². The molecule has 30 heavy (non-hydrogen) atoms. The first-order valence-corrected chi connectivity index (χ1v) is 11.9. The minimum Gasteiger partial charge on any atom is -0.479 e. The van der Waals surface area contributed by atoms with Gasteiger partial charge in [-0.15, -0.1) is 0 Å². The van der Waals surface area contributed by atoms with Crippen molar-refractivity contribution in [3.05, 3.63) is 34.9 Å². The fraction of sp³-hybridized carbons (Fsp3) is 0.731. The van der Waals surface area contributed by atoms with E-state index in [1.165, 1.54) is 37.7 Å². The van der Waals surface area contributed by atoms with E-state index in [0.29, 0.717) is 29.8 Å². The molecule has 4 rings (SSSR count). The Morgan fingerprint density at radius 3 is 2.53 bits per heavy atom. The van der Waals surface area contributed by atoms with Gasteiger partial charge in [0, 0.05) is 6.61 Å². The summed E-state index contributed by atoms with van der Waals surface area (Å²) in [6, 6.07) is 7.29. The van der Waals surface area contributed by atoms with E-state index in [4.69, 9.17) is 15.6 Å². The highest BCUT2D eigenvalue weighted by molar-refractivity contribution is 5.72. The van der Waals surface area contributed by atoms with Crippen LogP contribution in [0.3, 0.4) is 0 Å². The topological polar surface area (TPSA) is 72.6 Å². The molecule has 1 saturated carbocycles. The van der Waals surface area contributed by atoms with E-state index in [1.54, 1.807) is 11.1 Å². The molecule has 2 fully saturated rings. The minimum absolute atomic E-state index is 0.335. The van der Waals surface area contributed by atoms with Crippen LogP contribution in [0.1, 0.15) is 95.2 Å². The van der Waals surface area contributed by atoms with Gasteiger partial charge in [0.15, 0.2) is 6.10 Å². The standard InChI is InChI=1S/C20H31N.C6H10O3/c1-14(2)15-6-8-17-16(12-15)7-9-18-19(3,13-21)10-5-11-20(17,18)4;7-6(8)5-3-1-2-4-9-5/h6,8,12,14,18H,5,7,9-11,13,21H2,1-4H3;5H,1-4H2,(H,7,8)/t18-,19-,20+;/m1./s1. The molecule has 0 aromatic heterocycles. The van der Waals surface area contributed by atoms with E-state index in [-0.39, 0.29) is 0 Å². The maximum atomic E-state index is 10.2. The Labute approximate surface area is 182 Å². The summed E-state index contributed by atoms with van der Waals surface area (Å²) in [7, 11) is 0. The molecule has 0 spiro atoms. The maximum Gasteiger partial charge on any atom is 0.332 e. The molecule has 1 aromatic rings. The van der Waals surface area contributed by atoms with E-state index < -0.39 is 12.1 Å². The predicted molar refractivity (Wildman–Crippen MR) is 122 cm³/mol. The van der Waals surface area contributed by atoms with Crippen LogP contribution >= 0.6 is 0 Å². The van der Waals surface area contributed by atoms with Gasteiger partial charge >= 0.3 is 5.97 Å². The summed E-state index contributed by atoms with van der Waals surface area (Å²) in [6.45, 7) is 11.0. The number of ether oxygens (including phenoxy) is 1. The lowest BCUT2D eigenvalue weighted by atomic mass is 9.50. The highest BCUT2D eigenvalue weighted by atomic mass is 16.5. The lowest BCUT2D eigenvalue weighted by molar-refractivity contribution is -0.153. The van der Waals surface area contributed by atoms with Crippen molar-refractivity contribution in [2.45, 2.75) is 96.5 Å². The number of hydrogen-bond donors (Lipinski definition) is 2. The molecule has 168 valence electrons. The third-order valence-electron chi connectivity index (χ3n) is 8.09. The Kier molecular flexibility index (Phi) is 7.29. The van der Waals surface area contributed by atoms with E-state index in [1.807, 2.05) is 0 Å². The van der Waals surface area contributed by atoms with Crippen LogP contribution in [0.25, 0.3) is 0 Å². The minimum atomic E-state index is -0.824. The monoisotopic (exact) mass is 415 g/mol. The molecule has 3 aliphatic rings. The van der Waals surface area contributed by atoms with Gasteiger partial charge in [-0.1, -0.05) is 52.3 Å². The van der Waals surface area contributed by atoms with Crippen molar-refractivity contribution in [1.82, 2.24) is 0 Å². The van der Waals surface area contributed by atoms with Gasteiger partial charge < -0.3 is 15.6 Å². The molecule has 0 amide bonds. The summed E-state index contributed by atoms with van der Waals surface area (Å²) in [5.41, 5.74) is 11.6. The lowest BCUT2D eigenvalue weighted by Crippen LogP contribution is -2.51. The number of benzene rings is 1. The average molecular weight is 416 g/mol. The number of aryl methyl sites for hydroxylation is 1. The van der Waals surface area contributed by atoms with Crippen LogP contribution in [-0.2, 0) is 21.4 Å². The first kappa shape index (κ1) is 23.3. The molecule has 3 N–H and O–H groups in total. The van der Waals surface area contributed by atoms with Crippen molar-refractivity contribution < 1.29 is 14.6 Å². The van der Waals surface area contributed by atoms with Gasteiger partial charge in [-0.2, -0.15) is 0 Å². The van der Waals surface area contributed by atoms with Gasteiger partial charge in [0.1, 0.15) is 0 Å². The molecule has 4 nitrogen and oxygen atoms in total. The quantitative estimate of drug-likeness (QED) is 0.691. The molecule has 0 radical (unpaired) electrons. The SMILES string of the molecule is CC(C)c1ccc2c(c1)CC[C@@H]1[C@@](C)(CN)CCC[C@@]21C.O=C(O)C1CCCCO1. The number of rotatable bonds is 3. The molecule has 4 heteroatoms. The molecular weight excluding hydrogens is 374 g/mol. The predicted octanol–water partition coefficient (Wildman–Crippen LogP) is 5.42. The summed E-state index contributed by atoms with van der Waals surface area (Å²) in [6.07, 6.45) is 8.66. The van der Waals surface area contributed by atoms with Crippen LogP contribution in [0.5, 0.6) is 0 Å². The Morgan fingerprint density at radius 1 is 1.20 bits per heavy atom.